The number of piperidine rings is 1. The third-order valence-electron chi connectivity index (χ3n) is 8.28. The molecule has 1 N–H and O–H groups in total. The van der Waals surface area contributed by atoms with Crippen LogP contribution in [0.4, 0.5) is 0 Å². The van der Waals surface area contributed by atoms with Crippen LogP contribution < -0.4 is 9.47 Å². The monoisotopic (exact) mass is 644 g/mol. The third-order valence-corrected chi connectivity index (χ3v) is 11.2. The van der Waals surface area contributed by atoms with E-state index in [2.05, 4.69) is 5.10 Å². The van der Waals surface area contributed by atoms with Crippen LogP contribution in [-0.4, -0.2) is 65.8 Å². The van der Waals surface area contributed by atoms with Gasteiger partial charge >= 0.3 is 0 Å². The van der Waals surface area contributed by atoms with E-state index in [4.69, 9.17) is 24.4 Å². The number of aliphatic hydroxyl groups is 1. The smallest absolute Gasteiger partial charge is 0.254 e. The SMILES string of the molecule is COc1cc(OCc2csc(-c3ccc(C(=O)N4[C@@H]5CC[C@H]4C[C@H](O)C5)cc3)n2)c2sc(-c3cn4nc(C)sc4n3)nc2c1. The van der Waals surface area contributed by atoms with Gasteiger partial charge in [-0.1, -0.05) is 23.5 Å². The molecule has 2 bridgehead atoms. The molecule has 0 radical (unpaired) electrons. The summed E-state index contributed by atoms with van der Waals surface area (Å²) in [5.74, 6) is 1.39. The molecule has 0 saturated carbocycles. The van der Waals surface area contributed by atoms with Gasteiger partial charge in [-0.25, -0.2) is 19.5 Å². The minimum absolute atomic E-state index is 0.0551. The lowest BCUT2D eigenvalue weighted by Gasteiger charge is -2.37. The molecule has 0 spiro atoms. The van der Waals surface area contributed by atoms with Crippen molar-refractivity contribution in [1.29, 1.82) is 0 Å². The predicted octanol–water partition coefficient (Wildman–Crippen LogP) is 6.21. The normalized spacial score (nSPS) is 19.7. The first-order valence-electron chi connectivity index (χ1n) is 14.4. The molecular weight excluding hydrogens is 617 g/mol. The molecule has 2 aromatic carbocycles. The maximum atomic E-state index is 13.3. The standard InChI is InChI=1S/C31H28N6O4S3/c1-16-35-36-13-25(34-31(36)43-16)29-33-24-11-23(40-2)12-26(27(24)44-29)41-14-19-15-42-28(32-19)17-3-5-18(6-4-17)30(39)37-20-7-8-21(37)10-22(38)9-20/h3-6,11-13,15,20-22,38H,7-10,14H2,1-2H3/t20-,21+,22-. The molecule has 0 unspecified atom stereocenters. The number of methoxy groups -OCH3 is 1. The highest BCUT2D eigenvalue weighted by Crippen LogP contribution is 2.40. The van der Waals surface area contributed by atoms with Gasteiger partial charge in [0.15, 0.2) is 0 Å². The summed E-state index contributed by atoms with van der Waals surface area (Å²) in [6, 6.07) is 11.7. The topological polar surface area (TPSA) is 115 Å². The summed E-state index contributed by atoms with van der Waals surface area (Å²) in [6.07, 6.45) is 4.91. The Morgan fingerprint density at radius 2 is 1.84 bits per heavy atom. The maximum absolute atomic E-state index is 13.3. The maximum Gasteiger partial charge on any atom is 0.254 e. The fraction of sp³-hybridized carbons (Fsp3) is 0.323. The number of fused-ring (bicyclic) bond motifs is 4. The fourth-order valence-corrected chi connectivity index (χ4v) is 8.76. The van der Waals surface area contributed by atoms with Crippen molar-refractivity contribution in [2.24, 2.45) is 0 Å². The molecule has 0 aliphatic carbocycles. The number of imidazole rings is 1. The van der Waals surface area contributed by atoms with Crippen LogP contribution in [0.2, 0.25) is 0 Å². The Hall–Kier alpha value is -3.91. The van der Waals surface area contributed by atoms with Gasteiger partial charge in [0.1, 0.15) is 38.8 Å². The van der Waals surface area contributed by atoms with Gasteiger partial charge in [-0.2, -0.15) is 5.10 Å². The van der Waals surface area contributed by atoms with E-state index in [0.29, 0.717) is 29.9 Å². The summed E-state index contributed by atoms with van der Waals surface area (Å²) >= 11 is 4.61. The van der Waals surface area contributed by atoms with Crippen LogP contribution in [0.3, 0.4) is 0 Å². The largest absolute Gasteiger partial charge is 0.497 e. The number of aryl methyl sites for hydroxylation is 1. The number of aliphatic hydroxyl groups excluding tert-OH is 1. The molecule has 4 aromatic heterocycles. The minimum Gasteiger partial charge on any atom is -0.497 e. The Labute approximate surface area is 264 Å². The van der Waals surface area contributed by atoms with Crippen molar-refractivity contribution >= 4 is 55.1 Å². The number of rotatable bonds is 7. The number of thiazole rings is 2. The first-order chi connectivity index (χ1) is 21.4. The average molecular weight is 645 g/mol. The van der Waals surface area contributed by atoms with Crippen molar-refractivity contribution in [2.45, 2.75) is 57.4 Å². The molecule has 2 fully saturated rings. The Morgan fingerprint density at radius 3 is 2.59 bits per heavy atom. The number of benzene rings is 2. The van der Waals surface area contributed by atoms with E-state index in [1.807, 2.05) is 59.8 Å². The predicted molar refractivity (Wildman–Crippen MR) is 171 cm³/mol. The molecule has 6 aromatic rings. The molecule has 2 aliphatic heterocycles. The van der Waals surface area contributed by atoms with E-state index in [1.165, 1.54) is 11.3 Å². The van der Waals surface area contributed by atoms with Gasteiger partial charge in [-0.15, -0.1) is 22.7 Å². The molecule has 3 atom stereocenters. The first-order valence-corrected chi connectivity index (χ1v) is 16.9. The zero-order valence-electron chi connectivity index (χ0n) is 24.0. The van der Waals surface area contributed by atoms with Crippen LogP contribution in [0, 0.1) is 6.92 Å². The van der Waals surface area contributed by atoms with E-state index in [9.17, 15) is 9.90 Å². The number of aromatic nitrogens is 5. The molecule has 10 nitrogen and oxygen atoms in total. The number of carbonyl (C=O) groups is 1. The van der Waals surface area contributed by atoms with E-state index in [-0.39, 0.29) is 30.7 Å². The Balaban J connectivity index is 0.985. The second-order valence-electron chi connectivity index (χ2n) is 11.2. The zero-order valence-corrected chi connectivity index (χ0v) is 26.4. The van der Waals surface area contributed by atoms with Crippen LogP contribution in [0.5, 0.6) is 11.5 Å². The molecule has 8 rings (SSSR count). The van der Waals surface area contributed by atoms with Gasteiger partial charge < -0.3 is 19.5 Å². The van der Waals surface area contributed by atoms with Gasteiger partial charge in [-0.05, 0) is 44.7 Å². The van der Waals surface area contributed by atoms with E-state index in [1.54, 1.807) is 34.3 Å². The average Bonchev–Trinajstić information content (AvgIpc) is 3.84. The van der Waals surface area contributed by atoms with Crippen LogP contribution in [0.25, 0.3) is 36.5 Å². The number of ether oxygens (including phenoxy) is 2. The second-order valence-corrected chi connectivity index (χ2v) is 14.2. The quantitative estimate of drug-likeness (QED) is 0.218. The lowest BCUT2D eigenvalue weighted by atomic mass is 9.98. The van der Waals surface area contributed by atoms with Crippen molar-refractivity contribution in [3.8, 4) is 32.8 Å². The highest BCUT2D eigenvalue weighted by atomic mass is 32.1. The number of hydrogen-bond donors (Lipinski definition) is 1. The molecular formula is C31H28N6O4S3. The van der Waals surface area contributed by atoms with Crippen molar-refractivity contribution in [2.75, 3.05) is 7.11 Å². The van der Waals surface area contributed by atoms with Gasteiger partial charge in [0.25, 0.3) is 5.91 Å². The van der Waals surface area contributed by atoms with Crippen LogP contribution in [0.1, 0.15) is 46.7 Å². The Kier molecular flexibility index (Phi) is 6.85. The lowest BCUT2D eigenvalue weighted by Crippen LogP contribution is -2.47. The van der Waals surface area contributed by atoms with Crippen molar-refractivity contribution in [1.82, 2.24) is 29.5 Å². The molecule has 2 saturated heterocycles. The summed E-state index contributed by atoms with van der Waals surface area (Å²) in [5.41, 5.74) is 3.99. The van der Waals surface area contributed by atoms with Gasteiger partial charge in [0.05, 0.1) is 35.3 Å². The molecule has 6 heterocycles. The van der Waals surface area contributed by atoms with Gasteiger partial charge in [-0.3, -0.25) is 4.79 Å². The molecule has 13 heteroatoms. The van der Waals surface area contributed by atoms with E-state index >= 15 is 0 Å². The number of hydrogen-bond acceptors (Lipinski definition) is 11. The summed E-state index contributed by atoms with van der Waals surface area (Å²) < 4.78 is 14.5. The van der Waals surface area contributed by atoms with Crippen LogP contribution in [0.15, 0.2) is 48.0 Å². The molecule has 1 amide bonds. The van der Waals surface area contributed by atoms with Gasteiger partial charge in [0, 0.05) is 40.7 Å². The van der Waals surface area contributed by atoms with E-state index < -0.39 is 0 Å². The highest BCUT2D eigenvalue weighted by Gasteiger charge is 2.42. The summed E-state index contributed by atoms with van der Waals surface area (Å²) in [5, 5.41) is 19.2. The summed E-state index contributed by atoms with van der Waals surface area (Å²) in [7, 11) is 1.63. The summed E-state index contributed by atoms with van der Waals surface area (Å²) in [6.45, 7) is 2.25. The van der Waals surface area contributed by atoms with Crippen molar-refractivity contribution < 1.29 is 19.4 Å². The summed E-state index contributed by atoms with van der Waals surface area (Å²) in [4.78, 5) is 30.5. The number of nitrogens with zero attached hydrogens (tertiary/aromatic N) is 6. The number of carbonyl (C=O) groups excluding carboxylic acids is 1. The number of amides is 1. The first kappa shape index (κ1) is 27.6. The van der Waals surface area contributed by atoms with Gasteiger partial charge in [0.2, 0.25) is 4.96 Å². The highest BCUT2D eigenvalue weighted by molar-refractivity contribution is 7.22. The zero-order chi connectivity index (χ0) is 29.9. The lowest BCUT2D eigenvalue weighted by molar-refractivity contribution is 0.0287. The van der Waals surface area contributed by atoms with Crippen molar-refractivity contribution in [3.05, 3.63) is 64.2 Å². The molecule has 44 heavy (non-hydrogen) atoms. The van der Waals surface area contributed by atoms with Crippen LogP contribution >= 0.6 is 34.0 Å². The minimum atomic E-state index is -0.293. The third kappa shape index (κ3) is 4.93. The molecule has 2 aliphatic rings. The second kappa shape index (κ2) is 10.9. The Morgan fingerprint density at radius 1 is 1.05 bits per heavy atom. The molecule has 224 valence electrons. The Bertz CT molecular complexity index is 1970. The van der Waals surface area contributed by atoms with Crippen molar-refractivity contribution in [3.63, 3.8) is 0 Å². The fourth-order valence-electron chi connectivity index (χ4n) is 6.26. The van der Waals surface area contributed by atoms with Crippen LogP contribution in [-0.2, 0) is 6.61 Å². The van der Waals surface area contributed by atoms with E-state index in [0.717, 1.165) is 60.0 Å².